The monoisotopic (exact) mass is 269 g/mol. The Labute approximate surface area is 108 Å². The maximum absolute atomic E-state index is 9.14. The number of hydrogen-bond acceptors (Lipinski definition) is 3. The lowest BCUT2D eigenvalue weighted by Gasteiger charge is -2.10. The first-order valence-electron chi connectivity index (χ1n) is 4.77. The van der Waals surface area contributed by atoms with Gasteiger partial charge in [-0.25, -0.2) is 0 Å². The molecule has 0 radical (unpaired) electrons. The number of benzene rings is 2. The van der Waals surface area contributed by atoms with Crippen LogP contribution >= 0.6 is 23.2 Å². The summed E-state index contributed by atoms with van der Waals surface area (Å²) < 4.78 is 5.52. The maximum Gasteiger partial charge on any atom is 0.164 e. The van der Waals surface area contributed by atoms with Gasteiger partial charge < -0.3 is 15.6 Å². The van der Waals surface area contributed by atoms with Crippen molar-refractivity contribution >= 4 is 28.9 Å². The van der Waals surface area contributed by atoms with Gasteiger partial charge in [-0.15, -0.1) is 0 Å². The van der Waals surface area contributed by atoms with Gasteiger partial charge in [-0.2, -0.15) is 0 Å². The second-order valence-electron chi connectivity index (χ2n) is 3.41. The third-order valence-electron chi connectivity index (χ3n) is 2.08. The van der Waals surface area contributed by atoms with Crippen LogP contribution in [0.1, 0.15) is 0 Å². The van der Waals surface area contributed by atoms with Crippen LogP contribution in [0.3, 0.4) is 0 Å². The molecule has 3 nitrogen and oxygen atoms in total. The van der Waals surface area contributed by atoms with E-state index >= 15 is 0 Å². The van der Waals surface area contributed by atoms with Crippen molar-refractivity contribution < 1.29 is 9.84 Å². The Morgan fingerprint density at radius 3 is 2.06 bits per heavy atom. The van der Waals surface area contributed by atoms with Crippen molar-refractivity contribution in [2.45, 2.75) is 0 Å². The predicted octanol–water partition coefficient (Wildman–Crippen LogP) is 4.07. The van der Waals surface area contributed by atoms with Gasteiger partial charge in [-0.3, -0.25) is 0 Å². The average Bonchev–Trinajstić information content (AvgIpc) is 2.26. The molecule has 0 heterocycles. The molecule has 0 unspecified atom stereocenters. The molecule has 0 bridgehead atoms. The first-order valence-corrected chi connectivity index (χ1v) is 5.53. The molecule has 17 heavy (non-hydrogen) atoms. The Morgan fingerprint density at radius 2 is 1.53 bits per heavy atom. The zero-order valence-electron chi connectivity index (χ0n) is 8.65. The number of rotatable bonds is 2. The fraction of sp³-hybridized carbons (Fsp3) is 0. The van der Waals surface area contributed by atoms with Gasteiger partial charge in [0.25, 0.3) is 0 Å². The molecule has 88 valence electrons. The van der Waals surface area contributed by atoms with Crippen LogP contribution in [0.5, 0.6) is 17.2 Å². The molecule has 0 saturated carbocycles. The van der Waals surface area contributed by atoms with Crippen LogP contribution in [0.4, 0.5) is 5.69 Å². The zero-order chi connectivity index (χ0) is 12.4. The van der Waals surface area contributed by atoms with Gasteiger partial charge in [-0.05, 0) is 36.4 Å². The minimum Gasteiger partial charge on any atom is -0.508 e. The molecule has 0 aromatic heterocycles. The summed E-state index contributed by atoms with van der Waals surface area (Å²) in [4.78, 5) is 0. The van der Waals surface area contributed by atoms with Gasteiger partial charge in [0.15, 0.2) is 5.75 Å². The molecule has 2 aromatic rings. The van der Waals surface area contributed by atoms with Gasteiger partial charge in [0.1, 0.15) is 11.5 Å². The van der Waals surface area contributed by atoms with Crippen molar-refractivity contribution in [3.8, 4) is 17.2 Å². The number of nitrogens with two attached hydrogens (primary N) is 1. The van der Waals surface area contributed by atoms with Crippen molar-refractivity contribution in [1.29, 1.82) is 0 Å². The van der Waals surface area contributed by atoms with Gasteiger partial charge in [-0.1, -0.05) is 23.2 Å². The van der Waals surface area contributed by atoms with Crippen LogP contribution in [0, 0.1) is 0 Å². The molecule has 0 aliphatic carbocycles. The van der Waals surface area contributed by atoms with E-state index in [9.17, 15) is 0 Å². The summed E-state index contributed by atoms with van der Waals surface area (Å²) >= 11 is 12.0. The molecule has 0 atom stereocenters. The molecule has 0 saturated heterocycles. The summed E-state index contributed by atoms with van der Waals surface area (Å²) in [6.07, 6.45) is 0. The van der Waals surface area contributed by atoms with E-state index in [1.54, 1.807) is 24.3 Å². The number of halogens is 2. The first kappa shape index (κ1) is 11.9. The van der Waals surface area contributed by atoms with Crippen molar-refractivity contribution in [3.05, 3.63) is 46.4 Å². The molecular weight excluding hydrogens is 261 g/mol. The molecule has 0 fully saturated rings. The Balaban J connectivity index is 2.33. The summed E-state index contributed by atoms with van der Waals surface area (Å²) in [5.41, 5.74) is 6.05. The smallest absolute Gasteiger partial charge is 0.164 e. The normalized spacial score (nSPS) is 10.2. The van der Waals surface area contributed by atoms with E-state index in [2.05, 4.69) is 0 Å². The van der Waals surface area contributed by atoms with E-state index in [1.807, 2.05) is 0 Å². The molecule has 0 spiro atoms. The summed E-state index contributed by atoms with van der Waals surface area (Å²) in [6.45, 7) is 0. The fourth-order valence-corrected chi connectivity index (χ4v) is 1.89. The largest absolute Gasteiger partial charge is 0.508 e. The highest BCUT2D eigenvalue weighted by molar-refractivity contribution is 6.37. The second-order valence-corrected chi connectivity index (χ2v) is 4.22. The molecular formula is C12H9Cl2NO2. The summed E-state index contributed by atoms with van der Waals surface area (Å²) in [5, 5.41) is 9.82. The number of phenolic OH excluding ortho intramolecular Hbond substituents is 1. The van der Waals surface area contributed by atoms with Gasteiger partial charge in [0.2, 0.25) is 0 Å². The number of phenols is 1. The molecule has 2 rings (SSSR count). The van der Waals surface area contributed by atoms with Crippen LogP contribution in [0.25, 0.3) is 0 Å². The predicted molar refractivity (Wildman–Crippen MR) is 69.1 cm³/mol. The molecule has 0 amide bonds. The van der Waals surface area contributed by atoms with E-state index in [0.717, 1.165) is 0 Å². The fourth-order valence-electron chi connectivity index (χ4n) is 1.31. The lowest BCUT2D eigenvalue weighted by atomic mass is 10.3. The van der Waals surface area contributed by atoms with E-state index < -0.39 is 0 Å². The van der Waals surface area contributed by atoms with E-state index in [1.165, 1.54) is 12.1 Å². The topological polar surface area (TPSA) is 55.5 Å². The Bertz CT molecular complexity index is 518. The molecule has 2 aromatic carbocycles. The Morgan fingerprint density at radius 1 is 1.00 bits per heavy atom. The van der Waals surface area contributed by atoms with Crippen LogP contribution in [-0.2, 0) is 0 Å². The lowest BCUT2D eigenvalue weighted by molar-refractivity contribution is 0.464. The van der Waals surface area contributed by atoms with E-state index in [0.29, 0.717) is 27.2 Å². The van der Waals surface area contributed by atoms with Gasteiger partial charge in [0, 0.05) is 5.69 Å². The Kier molecular flexibility index (Phi) is 3.31. The quantitative estimate of drug-likeness (QED) is 0.808. The van der Waals surface area contributed by atoms with Gasteiger partial charge in [0.05, 0.1) is 10.0 Å². The van der Waals surface area contributed by atoms with Gasteiger partial charge >= 0.3 is 0 Å². The minimum absolute atomic E-state index is 0.159. The third kappa shape index (κ3) is 2.75. The van der Waals surface area contributed by atoms with Crippen LogP contribution < -0.4 is 10.5 Å². The number of anilines is 1. The van der Waals surface area contributed by atoms with E-state index in [-0.39, 0.29) is 5.75 Å². The molecule has 5 heteroatoms. The third-order valence-corrected chi connectivity index (χ3v) is 2.64. The molecule has 0 aliphatic heterocycles. The highest BCUT2D eigenvalue weighted by Crippen LogP contribution is 2.38. The SMILES string of the molecule is Nc1cc(Cl)c(Oc2ccc(O)cc2)c(Cl)c1. The standard InChI is InChI=1S/C12H9Cl2NO2/c13-10-5-7(15)6-11(14)12(10)17-9-3-1-8(16)2-4-9/h1-6,16H,15H2. The van der Waals surface area contributed by atoms with Crippen molar-refractivity contribution in [3.63, 3.8) is 0 Å². The minimum atomic E-state index is 0.159. The molecule has 3 N–H and O–H groups in total. The zero-order valence-corrected chi connectivity index (χ0v) is 10.2. The summed E-state index contributed by atoms with van der Waals surface area (Å²) in [6, 6.07) is 9.35. The highest BCUT2D eigenvalue weighted by atomic mass is 35.5. The van der Waals surface area contributed by atoms with Crippen LogP contribution in [-0.4, -0.2) is 5.11 Å². The number of hydrogen-bond donors (Lipinski definition) is 2. The Hall–Kier alpha value is -1.58. The van der Waals surface area contributed by atoms with Crippen LogP contribution in [0.2, 0.25) is 10.0 Å². The first-order chi connectivity index (χ1) is 8.06. The van der Waals surface area contributed by atoms with Crippen molar-refractivity contribution in [2.75, 3.05) is 5.73 Å². The number of aromatic hydroxyl groups is 1. The summed E-state index contributed by atoms with van der Waals surface area (Å²) in [5.74, 6) is 1.02. The van der Waals surface area contributed by atoms with Crippen molar-refractivity contribution in [2.24, 2.45) is 0 Å². The average molecular weight is 270 g/mol. The maximum atomic E-state index is 9.14. The summed E-state index contributed by atoms with van der Waals surface area (Å²) in [7, 11) is 0. The lowest BCUT2D eigenvalue weighted by Crippen LogP contribution is -1.90. The number of ether oxygens (including phenoxy) is 1. The highest BCUT2D eigenvalue weighted by Gasteiger charge is 2.09. The van der Waals surface area contributed by atoms with Crippen molar-refractivity contribution in [1.82, 2.24) is 0 Å². The molecule has 0 aliphatic rings. The van der Waals surface area contributed by atoms with Crippen LogP contribution in [0.15, 0.2) is 36.4 Å². The van der Waals surface area contributed by atoms with E-state index in [4.69, 9.17) is 38.8 Å². The second kappa shape index (κ2) is 4.73. The number of nitrogen functional groups attached to an aromatic ring is 1.